The Labute approximate surface area is 122 Å². The van der Waals surface area contributed by atoms with Crippen molar-refractivity contribution in [3.8, 4) is 0 Å². The molecule has 0 saturated heterocycles. The topological polar surface area (TPSA) is 57.6 Å². The van der Waals surface area contributed by atoms with Crippen molar-refractivity contribution in [2.24, 2.45) is 11.3 Å². The highest BCUT2D eigenvalue weighted by molar-refractivity contribution is 5.86. The lowest BCUT2D eigenvalue weighted by molar-refractivity contribution is -0.172. The third-order valence-corrected chi connectivity index (χ3v) is 3.80. The highest BCUT2D eigenvalue weighted by atomic mass is 19.4. The van der Waals surface area contributed by atoms with Crippen LogP contribution < -0.4 is 0 Å². The van der Waals surface area contributed by atoms with Gasteiger partial charge in [-0.1, -0.05) is 26.7 Å². The molecule has 0 heterocycles. The van der Waals surface area contributed by atoms with Gasteiger partial charge in [-0.25, -0.2) is 0 Å². The molecule has 0 bridgehead atoms. The molecule has 1 rings (SSSR count). The molecule has 0 unspecified atom stereocenters. The number of carboxylic acid groups (broad SMARTS) is 1. The Morgan fingerprint density at radius 3 is 2.14 bits per heavy atom. The number of hydrogen-bond donors (Lipinski definition) is 1. The number of carbonyl (C=O) groups is 2. The minimum absolute atomic E-state index is 0.171. The molecule has 0 atom stereocenters. The van der Waals surface area contributed by atoms with Gasteiger partial charge in [-0.15, -0.1) is 0 Å². The van der Waals surface area contributed by atoms with E-state index in [1.54, 1.807) is 0 Å². The normalized spacial score (nSPS) is 18.0. The van der Waals surface area contributed by atoms with Crippen molar-refractivity contribution >= 4 is 11.9 Å². The molecular formula is C14H22F3NO3. The molecule has 122 valence electrons. The number of halogens is 3. The fourth-order valence-corrected chi connectivity index (χ4v) is 3.25. The summed E-state index contributed by atoms with van der Waals surface area (Å²) in [6.07, 6.45) is -1.42. The van der Waals surface area contributed by atoms with Crippen LogP contribution in [0.3, 0.4) is 0 Å². The monoisotopic (exact) mass is 309 g/mol. The van der Waals surface area contributed by atoms with Crippen LogP contribution in [0.1, 0.15) is 46.0 Å². The minimum Gasteiger partial charge on any atom is -0.480 e. The first-order chi connectivity index (χ1) is 9.56. The number of carbonyl (C=O) groups excluding carboxylic acids is 1. The standard InChI is InChI=1S/C14H22F3NO3/c1-10(2)7-13(5-3-4-6-13)12(21)18(8-11(19)20)9-14(15,16)17/h10H,3-9H2,1-2H3,(H,19,20). The van der Waals surface area contributed by atoms with Gasteiger partial charge in [-0.2, -0.15) is 13.2 Å². The summed E-state index contributed by atoms with van der Waals surface area (Å²) in [5, 5.41) is 8.78. The first kappa shape index (κ1) is 17.8. The van der Waals surface area contributed by atoms with Gasteiger partial charge in [0.05, 0.1) is 0 Å². The summed E-state index contributed by atoms with van der Waals surface area (Å²) in [5.74, 6) is -1.91. The molecule has 1 fully saturated rings. The predicted octanol–water partition coefficient (Wildman–Crippen LogP) is 3.07. The van der Waals surface area contributed by atoms with Crippen molar-refractivity contribution in [1.82, 2.24) is 4.90 Å². The Bertz CT molecular complexity index is 387. The Morgan fingerprint density at radius 1 is 1.24 bits per heavy atom. The lowest BCUT2D eigenvalue weighted by atomic mass is 9.77. The van der Waals surface area contributed by atoms with Gasteiger partial charge in [0, 0.05) is 5.41 Å². The van der Waals surface area contributed by atoms with Crippen molar-refractivity contribution < 1.29 is 27.9 Å². The molecule has 0 aromatic rings. The zero-order valence-electron chi connectivity index (χ0n) is 12.4. The molecular weight excluding hydrogens is 287 g/mol. The van der Waals surface area contributed by atoms with Crippen LogP contribution in [-0.2, 0) is 9.59 Å². The third kappa shape index (κ3) is 5.21. The molecule has 1 amide bonds. The van der Waals surface area contributed by atoms with E-state index in [0.29, 0.717) is 24.2 Å². The van der Waals surface area contributed by atoms with E-state index >= 15 is 0 Å². The van der Waals surface area contributed by atoms with Crippen molar-refractivity contribution in [3.63, 3.8) is 0 Å². The zero-order chi connectivity index (χ0) is 16.3. The van der Waals surface area contributed by atoms with Gasteiger partial charge in [0.25, 0.3) is 0 Å². The van der Waals surface area contributed by atoms with Crippen LogP contribution >= 0.6 is 0 Å². The molecule has 1 saturated carbocycles. The highest BCUT2D eigenvalue weighted by Gasteiger charge is 2.46. The summed E-state index contributed by atoms with van der Waals surface area (Å²) in [4.78, 5) is 23.8. The van der Waals surface area contributed by atoms with Crippen LogP contribution in [0, 0.1) is 11.3 Å². The van der Waals surface area contributed by atoms with Crippen molar-refractivity contribution in [2.75, 3.05) is 13.1 Å². The van der Waals surface area contributed by atoms with E-state index < -0.39 is 36.6 Å². The fraction of sp³-hybridized carbons (Fsp3) is 0.857. The summed E-state index contributed by atoms with van der Waals surface area (Å²) < 4.78 is 37.8. The van der Waals surface area contributed by atoms with Gasteiger partial charge in [-0.05, 0) is 25.2 Å². The first-order valence-electron chi connectivity index (χ1n) is 7.14. The largest absolute Gasteiger partial charge is 0.480 e. The number of amides is 1. The average molecular weight is 309 g/mol. The Balaban J connectivity index is 2.97. The number of aliphatic carboxylic acids is 1. The van der Waals surface area contributed by atoms with Gasteiger partial charge >= 0.3 is 12.1 Å². The van der Waals surface area contributed by atoms with E-state index in [9.17, 15) is 22.8 Å². The molecule has 21 heavy (non-hydrogen) atoms. The number of alkyl halides is 3. The maximum absolute atomic E-state index is 12.6. The summed E-state index contributed by atoms with van der Waals surface area (Å²) in [6, 6.07) is 0. The smallest absolute Gasteiger partial charge is 0.406 e. The molecule has 0 aromatic carbocycles. The molecule has 0 radical (unpaired) electrons. The fourth-order valence-electron chi connectivity index (χ4n) is 3.25. The van der Waals surface area contributed by atoms with Crippen LogP contribution in [-0.4, -0.2) is 41.1 Å². The second kappa shape index (κ2) is 6.66. The van der Waals surface area contributed by atoms with Gasteiger partial charge < -0.3 is 10.0 Å². The van der Waals surface area contributed by atoms with Crippen LogP contribution in [0.25, 0.3) is 0 Å². The minimum atomic E-state index is -4.59. The number of nitrogens with zero attached hydrogens (tertiary/aromatic N) is 1. The third-order valence-electron chi connectivity index (χ3n) is 3.80. The van der Waals surface area contributed by atoms with Crippen LogP contribution in [0.4, 0.5) is 13.2 Å². The van der Waals surface area contributed by atoms with Crippen LogP contribution in [0.5, 0.6) is 0 Å². The summed E-state index contributed by atoms with van der Waals surface area (Å²) >= 11 is 0. The second-order valence-electron chi connectivity index (χ2n) is 6.26. The molecule has 1 N–H and O–H groups in total. The maximum atomic E-state index is 12.6. The molecule has 0 aliphatic heterocycles. The Morgan fingerprint density at radius 2 is 1.76 bits per heavy atom. The quantitative estimate of drug-likeness (QED) is 0.820. The van der Waals surface area contributed by atoms with Gasteiger partial charge in [0.1, 0.15) is 13.1 Å². The van der Waals surface area contributed by atoms with E-state index in [-0.39, 0.29) is 5.92 Å². The second-order valence-corrected chi connectivity index (χ2v) is 6.26. The van der Waals surface area contributed by atoms with Crippen LogP contribution in [0.2, 0.25) is 0 Å². The SMILES string of the molecule is CC(C)CC1(C(=O)N(CC(=O)O)CC(F)(F)F)CCCC1. The van der Waals surface area contributed by atoms with E-state index in [2.05, 4.69) is 0 Å². The number of hydrogen-bond acceptors (Lipinski definition) is 2. The molecule has 1 aliphatic rings. The molecule has 1 aliphatic carbocycles. The average Bonchev–Trinajstić information content (AvgIpc) is 2.73. The lowest BCUT2D eigenvalue weighted by Crippen LogP contribution is -2.49. The Hall–Kier alpha value is -1.27. The molecule has 4 nitrogen and oxygen atoms in total. The van der Waals surface area contributed by atoms with Gasteiger partial charge in [0.15, 0.2) is 0 Å². The number of rotatable bonds is 6. The van der Waals surface area contributed by atoms with Gasteiger partial charge in [0.2, 0.25) is 5.91 Å². The first-order valence-corrected chi connectivity index (χ1v) is 7.14. The van der Waals surface area contributed by atoms with Crippen molar-refractivity contribution in [1.29, 1.82) is 0 Å². The van der Waals surface area contributed by atoms with E-state index in [0.717, 1.165) is 12.8 Å². The predicted molar refractivity (Wildman–Crippen MR) is 70.6 cm³/mol. The van der Waals surface area contributed by atoms with E-state index in [1.807, 2.05) is 13.8 Å². The lowest BCUT2D eigenvalue weighted by Gasteiger charge is -2.35. The zero-order valence-corrected chi connectivity index (χ0v) is 12.4. The number of carboxylic acids is 1. The molecule has 0 aromatic heterocycles. The highest BCUT2D eigenvalue weighted by Crippen LogP contribution is 2.45. The molecule has 0 spiro atoms. The Kier molecular flexibility index (Phi) is 5.64. The maximum Gasteiger partial charge on any atom is 0.406 e. The van der Waals surface area contributed by atoms with E-state index in [4.69, 9.17) is 5.11 Å². The molecule has 7 heteroatoms. The van der Waals surface area contributed by atoms with Crippen molar-refractivity contribution in [3.05, 3.63) is 0 Å². The summed E-state index contributed by atoms with van der Waals surface area (Å²) in [5.41, 5.74) is -0.825. The van der Waals surface area contributed by atoms with Crippen molar-refractivity contribution in [2.45, 2.75) is 52.1 Å². The van der Waals surface area contributed by atoms with Crippen LogP contribution in [0.15, 0.2) is 0 Å². The van der Waals surface area contributed by atoms with E-state index in [1.165, 1.54) is 0 Å². The van der Waals surface area contributed by atoms with Gasteiger partial charge in [-0.3, -0.25) is 9.59 Å². The summed E-state index contributed by atoms with van der Waals surface area (Å²) in [6.45, 7) is 1.42. The summed E-state index contributed by atoms with van der Waals surface area (Å²) in [7, 11) is 0.